The van der Waals surface area contributed by atoms with E-state index in [1.807, 2.05) is 6.07 Å². The highest BCUT2D eigenvalue weighted by Crippen LogP contribution is 2.19. The normalized spacial score (nSPS) is 22.6. The summed E-state index contributed by atoms with van der Waals surface area (Å²) in [7, 11) is 0. The molecular weight excluding hydrogens is 245 g/mol. The molecule has 0 spiro atoms. The van der Waals surface area contributed by atoms with Gasteiger partial charge in [0.05, 0.1) is 17.3 Å². The Labute approximate surface area is 111 Å². The average Bonchev–Trinajstić information content (AvgIpc) is 2.40. The lowest BCUT2D eigenvalue weighted by Crippen LogP contribution is -2.45. The Bertz CT molecular complexity index is 524. The Kier molecular flexibility index (Phi) is 4.13. The van der Waals surface area contributed by atoms with E-state index >= 15 is 0 Å². The lowest BCUT2D eigenvalue weighted by atomic mass is 9.94. The molecule has 2 unspecified atom stereocenters. The Morgan fingerprint density at radius 2 is 2.37 bits per heavy atom. The zero-order valence-electron chi connectivity index (χ0n) is 10.7. The number of rotatable bonds is 2. The zero-order chi connectivity index (χ0) is 13.8. The standard InChI is InChI=1S/C14H16FN3O/c1-9-4-5-17-13(6-9)14(19)18-12-3-2-11(15)7-10(12)8-16/h2-3,7,9,13,17H,4-6H2,1H3,(H,18,19). The molecule has 1 amide bonds. The highest BCUT2D eigenvalue weighted by atomic mass is 19.1. The van der Waals surface area contributed by atoms with Crippen molar-refractivity contribution in [2.24, 2.45) is 5.92 Å². The van der Waals surface area contributed by atoms with Gasteiger partial charge in [-0.1, -0.05) is 6.92 Å². The van der Waals surface area contributed by atoms with Crippen LogP contribution < -0.4 is 10.6 Å². The van der Waals surface area contributed by atoms with E-state index in [1.54, 1.807) is 0 Å². The van der Waals surface area contributed by atoms with E-state index in [0.29, 0.717) is 11.6 Å². The minimum atomic E-state index is -0.487. The monoisotopic (exact) mass is 261 g/mol. The lowest BCUT2D eigenvalue weighted by Gasteiger charge is -2.27. The number of nitriles is 1. The third kappa shape index (κ3) is 3.30. The van der Waals surface area contributed by atoms with E-state index in [1.165, 1.54) is 12.1 Å². The van der Waals surface area contributed by atoms with Gasteiger partial charge in [0, 0.05) is 0 Å². The number of hydrogen-bond acceptors (Lipinski definition) is 3. The van der Waals surface area contributed by atoms with E-state index in [2.05, 4.69) is 17.6 Å². The maximum Gasteiger partial charge on any atom is 0.241 e. The number of nitrogens with one attached hydrogen (secondary N) is 2. The molecule has 0 aromatic heterocycles. The summed E-state index contributed by atoms with van der Waals surface area (Å²) in [4.78, 5) is 12.1. The maximum absolute atomic E-state index is 13.0. The van der Waals surface area contributed by atoms with Crippen molar-refractivity contribution in [1.82, 2.24) is 5.32 Å². The second-order valence-electron chi connectivity index (χ2n) is 4.93. The van der Waals surface area contributed by atoms with Gasteiger partial charge in [0.15, 0.2) is 0 Å². The number of benzene rings is 1. The minimum Gasteiger partial charge on any atom is -0.324 e. The molecule has 2 atom stereocenters. The summed E-state index contributed by atoms with van der Waals surface area (Å²) in [5.41, 5.74) is 0.492. The predicted molar refractivity (Wildman–Crippen MR) is 69.9 cm³/mol. The molecule has 0 saturated carbocycles. The van der Waals surface area contributed by atoms with Gasteiger partial charge in [-0.05, 0) is 43.5 Å². The van der Waals surface area contributed by atoms with Crippen LogP contribution in [0.3, 0.4) is 0 Å². The topological polar surface area (TPSA) is 64.9 Å². The van der Waals surface area contributed by atoms with Gasteiger partial charge >= 0.3 is 0 Å². The third-order valence-corrected chi connectivity index (χ3v) is 3.34. The number of piperidine rings is 1. The van der Waals surface area contributed by atoms with E-state index in [-0.39, 0.29) is 17.5 Å². The van der Waals surface area contributed by atoms with Crippen molar-refractivity contribution in [2.45, 2.75) is 25.8 Å². The lowest BCUT2D eigenvalue weighted by molar-refractivity contribution is -0.119. The average molecular weight is 261 g/mol. The van der Waals surface area contributed by atoms with Crippen LogP contribution in [0, 0.1) is 23.1 Å². The van der Waals surface area contributed by atoms with Gasteiger partial charge in [0.2, 0.25) is 5.91 Å². The van der Waals surface area contributed by atoms with Crippen LogP contribution in [-0.4, -0.2) is 18.5 Å². The summed E-state index contributed by atoms with van der Waals surface area (Å²) < 4.78 is 13.0. The first-order valence-electron chi connectivity index (χ1n) is 6.34. The number of halogens is 1. The summed E-state index contributed by atoms with van der Waals surface area (Å²) in [5, 5.41) is 14.8. The molecule has 4 nitrogen and oxygen atoms in total. The molecule has 2 rings (SSSR count). The number of amides is 1. The Hall–Kier alpha value is -1.93. The van der Waals surface area contributed by atoms with Gasteiger partial charge in [-0.2, -0.15) is 5.26 Å². The van der Waals surface area contributed by atoms with Crippen LogP contribution in [0.5, 0.6) is 0 Å². The Balaban J connectivity index is 2.08. The van der Waals surface area contributed by atoms with Crippen molar-refractivity contribution in [3.63, 3.8) is 0 Å². The first kappa shape index (κ1) is 13.5. The molecule has 1 aliphatic heterocycles. The van der Waals surface area contributed by atoms with Crippen LogP contribution in [0.25, 0.3) is 0 Å². The van der Waals surface area contributed by atoms with E-state index in [0.717, 1.165) is 25.5 Å². The summed E-state index contributed by atoms with van der Waals surface area (Å²) in [6, 6.07) is 5.39. The van der Waals surface area contributed by atoms with E-state index < -0.39 is 5.82 Å². The molecule has 2 N–H and O–H groups in total. The molecule has 100 valence electrons. The summed E-state index contributed by atoms with van der Waals surface area (Å²) in [6.07, 6.45) is 1.83. The maximum atomic E-state index is 13.0. The van der Waals surface area contributed by atoms with Crippen molar-refractivity contribution in [2.75, 3.05) is 11.9 Å². The predicted octanol–water partition coefficient (Wildman–Crippen LogP) is 2.02. The van der Waals surface area contributed by atoms with Crippen LogP contribution in [0.4, 0.5) is 10.1 Å². The van der Waals surface area contributed by atoms with Crippen molar-refractivity contribution in [3.05, 3.63) is 29.6 Å². The SMILES string of the molecule is CC1CCNC(C(=O)Nc2ccc(F)cc2C#N)C1. The van der Waals surface area contributed by atoms with Gasteiger partial charge in [-0.15, -0.1) is 0 Å². The van der Waals surface area contributed by atoms with Crippen molar-refractivity contribution >= 4 is 11.6 Å². The molecule has 1 fully saturated rings. The molecular formula is C14H16FN3O. The number of carbonyl (C=O) groups is 1. The molecule has 19 heavy (non-hydrogen) atoms. The van der Waals surface area contributed by atoms with E-state index in [4.69, 9.17) is 5.26 Å². The molecule has 0 aliphatic carbocycles. The highest BCUT2D eigenvalue weighted by molar-refractivity contribution is 5.96. The second kappa shape index (κ2) is 5.81. The van der Waals surface area contributed by atoms with Crippen molar-refractivity contribution < 1.29 is 9.18 Å². The highest BCUT2D eigenvalue weighted by Gasteiger charge is 2.24. The molecule has 0 radical (unpaired) electrons. The number of hydrogen-bond donors (Lipinski definition) is 2. The first-order chi connectivity index (χ1) is 9.10. The second-order valence-corrected chi connectivity index (χ2v) is 4.93. The number of carbonyl (C=O) groups excluding carboxylic acids is 1. The molecule has 1 aromatic carbocycles. The molecule has 1 saturated heterocycles. The smallest absolute Gasteiger partial charge is 0.241 e. The van der Waals surface area contributed by atoms with E-state index in [9.17, 15) is 9.18 Å². The van der Waals surface area contributed by atoms with Gasteiger partial charge < -0.3 is 10.6 Å². The summed E-state index contributed by atoms with van der Waals surface area (Å²) in [6.45, 7) is 2.92. The van der Waals surface area contributed by atoms with Crippen LogP contribution in [0.1, 0.15) is 25.3 Å². The molecule has 1 heterocycles. The molecule has 1 aliphatic rings. The fraction of sp³-hybridized carbons (Fsp3) is 0.429. The number of anilines is 1. The van der Waals surface area contributed by atoms with Gasteiger partial charge in [-0.3, -0.25) is 4.79 Å². The quantitative estimate of drug-likeness (QED) is 0.856. The van der Waals surface area contributed by atoms with Crippen LogP contribution in [0.2, 0.25) is 0 Å². The largest absolute Gasteiger partial charge is 0.324 e. The fourth-order valence-corrected chi connectivity index (χ4v) is 2.25. The van der Waals surface area contributed by atoms with Crippen molar-refractivity contribution in [1.29, 1.82) is 5.26 Å². The first-order valence-corrected chi connectivity index (χ1v) is 6.34. The van der Waals surface area contributed by atoms with Gasteiger partial charge in [0.1, 0.15) is 11.9 Å². The fourth-order valence-electron chi connectivity index (χ4n) is 2.25. The Morgan fingerprint density at radius 1 is 1.58 bits per heavy atom. The number of nitrogens with zero attached hydrogens (tertiary/aromatic N) is 1. The Morgan fingerprint density at radius 3 is 3.05 bits per heavy atom. The molecule has 1 aromatic rings. The van der Waals surface area contributed by atoms with Gasteiger partial charge in [0.25, 0.3) is 0 Å². The van der Waals surface area contributed by atoms with Crippen molar-refractivity contribution in [3.8, 4) is 6.07 Å². The minimum absolute atomic E-state index is 0.136. The van der Waals surface area contributed by atoms with Gasteiger partial charge in [-0.25, -0.2) is 4.39 Å². The molecule has 0 bridgehead atoms. The molecule has 5 heteroatoms. The van der Waals surface area contributed by atoms with Crippen LogP contribution >= 0.6 is 0 Å². The summed E-state index contributed by atoms with van der Waals surface area (Å²) in [5.74, 6) is -0.158. The zero-order valence-corrected chi connectivity index (χ0v) is 10.7. The third-order valence-electron chi connectivity index (χ3n) is 3.34. The van der Waals surface area contributed by atoms with Crippen LogP contribution in [0.15, 0.2) is 18.2 Å². The summed E-state index contributed by atoms with van der Waals surface area (Å²) >= 11 is 0. The van der Waals surface area contributed by atoms with Crippen LogP contribution in [-0.2, 0) is 4.79 Å².